The van der Waals surface area contributed by atoms with Crippen LogP contribution in [0, 0.1) is 12.8 Å². The van der Waals surface area contributed by atoms with Crippen molar-refractivity contribution in [3.63, 3.8) is 0 Å². The first-order valence-electron chi connectivity index (χ1n) is 10.4. The molecule has 1 aliphatic rings. The number of likely N-dealkylation sites (tertiary alicyclic amines) is 1. The van der Waals surface area contributed by atoms with Gasteiger partial charge >= 0.3 is 0 Å². The maximum Gasteiger partial charge on any atom is 0.225 e. The van der Waals surface area contributed by atoms with Gasteiger partial charge < -0.3 is 15.5 Å². The van der Waals surface area contributed by atoms with Crippen LogP contribution in [0.4, 0.5) is 11.8 Å². The number of hydrogen-bond donors (Lipinski definition) is 2. The smallest absolute Gasteiger partial charge is 0.225 e. The number of halogens is 1. The fraction of sp³-hybridized carbons (Fsp3) is 0.455. The van der Waals surface area contributed by atoms with Crippen LogP contribution in [0.2, 0.25) is 5.02 Å². The predicted octanol–water partition coefficient (Wildman–Crippen LogP) is 4.14. The first-order chi connectivity index (χ1) is 14.5. The number of nitrogens with one attached hydrogen (secondary N) is 2. The quantitative estimate of drug-likeness (QED) is 0.589. The highest BCUT2D eigenvalue weighted by molar-refractivity contribution is 6.31. The van der Waals surface area contributed by atoms with Gasteiger partial charge in [0.25, 0.3) is 0 Å². The molecule has 1 fully saturated rings. The molecule has 0 aliphatic carbocycles. The second-order valence-corrected chi connectivity index (χ2v) is 8.59. The monoisotopic (exact) mass is 425 g/mol. The lowest BCUT2D eigenvalue weighted by Gasteiger charge is -2.20. The van der Waals surface area contributed by atoms with Gasteiger partial charge in [0.1, 0.15) is 11.6 Å². The van der Waals surface area contributed by atoms with Crippen molar-refractivity contribution < 1.29 is 0 Å². The largest absolute Gasteiger partial charge is 0.362 e. The summed E-state index contributed by atoms with van der Waals surface area (Å²) in [6.45, 7) is 10.1. The van der Waals surface area contributed by atoms with E-state index < -0.39 is 0 Å². The van der Waals surface area contributed by atoms with Crippen LogP contribution in [0.15, 0.2) is 30.6 Å². The standard InChI is InChI=1S/C22H28ClN7/c1-14(2)30-8-5-16(13-30)11-27-22-28-18-10-17(23)9-15(3)20(18)21(29-22)26-12-19-24-6-4-7-25-19/h4,6-7,9-10,14,16H,5,8,11-13H2,1-3H3,(H2,26,27,28,29). The molecule has 8 heteroatoms. The molecular weight excluding hydrogens is 398 g/mol. The summed E-state index contributed by atoms with van der Waals surface area (Å²) in [7, 11) is 0. The maximum atomic E-state index is 6.30. The van der Waals surface area contributed by atoms with Crippen molar-refractivity contribution in [1.82, 2.24) is 24.8 Å². The van der Waals surface area contributed by atoms with E-state index in [1.807, 2.05) is 19.1 Å². The zero-order valence-corrected chi connectivity index (χ0v) is 18.4. The third-order valence-electron chi connectivity index (χ3n) is 5.59. The minimum absolute atomic E-state index is 0.487. The van der Waals surface area contributed by atoms with Gasteiger partial charge in [-0.15, -0.1) is 0 Å². The average Bonchev–Trinajstić information content (AvgIpc) is 3.20. The number of aromatic nitrogens is 4. The molecule has 0 saturated carbocycles. The van der Waals surface area contributed by atoms with Crippen molar-refractivity contribution in [2.45, 2.75) is 39.8 Å². The number of nitrogens with zero attached hydrogens (tertiary/aromatic N) is 5. The van der Waals surface area contributed by atoms with Crippen LogP contribution in [0.5, 0.6) is 0 Å². The van der Waals surface area contributed by atoms with E-state index in [-0.39, 0.29) is 0 Å². The van der Waals surface area contributed by atoms with Gasteiger partial charge in [-0.1, -0.05) is 11.6 Å². The van der Waals surface area contributed by atoms with E-state index in [1.165, 1.54) is 6.42 Å². The van der Waals surface area contributed by atoms with Crippen molar-refractivity contribution in [1.29, 1.82) is 0 Å². The zero-order valence-electron chi connectivity index (χ0n) is 17.7. The molecule has 1 saturated heterocycles. The summed E-state index contributed by atoms with van der Waals surface area (Å²) in [4.78, 5) is 20.6. The molecule has 2 N–H and O–H groups in total. The third-order valence-corrected chi connectivity index (χ3v) is 5.81. The van der Waals surface area contributed by atoms with Crippen LogP contribution < -0.4 is 10.6 Å². The molecule has 0 spiro atoms. The van der Waals surface area contributed by atoms with Crippen molar-refractivity contribution in [2.24, 2.45) is 5.92 Å². The molecule has 3 heterocycles. The molecule has 4 rings (SSSR count). The van der Waals surface area contributed by atoms with Crippen LogP contribution in [0.25, 0.3) is 10.9 Å². The highest BCUT2D eigenvalue weighted by Crippen LogP contribution is 2.29. The number of hydrogen-bond acceptors (Lipinski definition) is 7. The number of aryl methyl sites for hydroxylation is 1. The second kappa shape index (κ2) is 9.10. The van der Waals surface area contributed by atoms with Gasteiger partial charge in [-0.05, 0) is 63.4 Å². The van der Waals surface area contributed by atoms with E-state index in [0.717, 1.165) is 41.9 Å². The highest BCUT2D eigenvalue weighted by Gasteiger charge is 2.24. The van der Waals surface area contributed by atoms with Gasteiger partial charge in [0.2, 0.25) is 5.95 Å². The van der Waals surface area contributed by atoms with Gasteiger partial charge in [0, 0.05) is 41.9 Å². The van der Waals surface area contributed by atoms with E-state index >= 15 is 0 Å². The Hall–Kier alpha value is -2.51. The molecule has 1 atom stereocenters. The van der Waals surface area contributed by atoms with E-state index in [0.29, 0.717) is 35.3 Å². The Bertz CT molecular complexity index is 1010. The molecule has 1 aromatic carbocycles. The first-order valence-corrected chi connectivity index (χ1v) is 10.8. The van der Waals surface area contributed by atoms with E-state index in [9.17, 15) is 0 Å². The Morgan fingerprint density at radius 2 is 1.97 bits per heavy atom. The lowest BCUT2D eigenvalue weighted by molar-refractivity contribution is 0.266. The Morgan fingerprint density at radius 1 is 1.17 bits per heavy atom. The van der Waals surface area contributed by atoms with Gasteiger partial charge in [-0.25, -0.2) is 15.0 Å². The average molecular weight is 426 g/mol. The Morgan fingerprint density at radius 3 is 2.70 bits per heavy atom. The Labute approximate surface area is 182 Å². The molecule has 7 nitrogen and oxygen atoms in total. The summed E-state index contributed by atoms with van der Waals surface area (Å²) in [6, 6.07) is 6.22. The minimum Gasteiger partial charge on any atom is -0.362 e. The second-order valence-electron chi connectivity index (χ2n) is 8.16. The summed E-state index contributed by atoms with van der Waals surface area (Å²) in [5.74, 6) is 2.69. The van der Waals surface area contributed by atoms with Crippen molar-refractivity contribution in [3.8, 4) is 0 Å². The number of anilines is 2. The van der Waals surface area contributed by atoms with Crippen molar-refractivity contribution >= 4 is 34.3 Å². The normalized spacial score (nSPS) is 17.0. The molecule has 0 bridgehead atoms. The fourth-order valence-electron chi connectivity index (χ4n) is 3.95. The topological polar surface area (TPSA) is 78.9 Å². The van der Waals surface area contributed by atoms with Crippen molar-refractivity contribution in [2.75, 3.05) is 30.3 Å². The van der Waals surface area contributed by atoms with Crippen LogP contribution in [-0.2, 0) is 6.54 Å². The number of rotatable bonds is 7. The molecular formula is C22H28ClN7. The number of fused-ring (bicyclic) bond motifs is 1. The molecule has 1 unspecified atom stereocenters. The van der Waals surface area contributed by atoms with Crippen molar-refractivity contribution in [3.05, 3.63) is 47.0 Å². The van der Waals surface area contributed by atoms with E-state index in [2.05, 4.69) is 39.3 Å². The van der Waals surface area contributed by atoms with Gasteiger partial charge in [0.15, 0.2) is 0 Å². The summed E-state index contributed by atoms with van der Waals surface area (Å²) >= 11 is 6.30. The summed E-state index contributed by atoms with van der Waals surface area (Å²) in [5.41, 5.74) is 1.85. The molecule has 0 radical (unpaired) electrons. The Balaban J connectivity index is 1.56. The molecule has 2 aromatic heterocycles. The minimum atomic E-state index is 0.487. The van der Waals surface area contributed by atoms with Crippen LogP contribution in [0.1, 0.15) is 31.7 Å². The summed E-state index contributed by atoms with van der Waals surface area (Å²) < 4.78 is 0. The van der Waals surface area contributed by atoms with Gasteiger partial charge in [-0.2, -0.15) is 4.98 Å². The summed E-state index contributed by atoms with van der Waals surface area (Å²) in [5, 5.41) is 8.48. The van der Waals surface area contributed by atoms with Crippen LogP contribution >= 0.6 is 11.6 Å². The van der Waals surface area contributed by atoms with Gasteiger partial charge in [-0.3, -0.25) is 0 Å². The molecule has 30 heavy (non-hydrogen) atoms. The van der Waals surface area contributed by atoms with E-state index in [4.69, 9.17) is 21.6 Å². The molecule has 0 amide bonds. The number of benzene rings is 1. The lowest BCUT2D eigenvalue weighted by Crippen LogP contribution is -2.29. The van der Waals surface area contributed by atoms with Crippen LogP contribution in [-0.4, -0.2) is 50.5 Å². The molecule has 3 aromatic rings. The van der Waals surface area contributed by atoms with Gasteiger partial charge in [0.05, 0.1) is 12.1 Å². The fourth-order valence-corrected chi connectivity index (χ4v) is 4.21. The maximum absolute atomic E-state index is 6.30. The van der Waals surface area contributed by atoms with Crippen LogP contribution in [0.3, 0.4) is 0 Å². The third kappa shape index (κ3) is 4.79. The SMILES string of the molecule is Cc1cc(Cl)cc2nc(NCC3CCN(C(C)C)C3)nc(NCc3ncccn3)c12. The Kier molecular flexibility index (Phi) is 6.29. The molecule has 1 aliphatic heterocycles. The highest BCUT2D eigenvalue weighted by atomic mass is 35.5. The van der Waals surface area contributed by atoms with E-state index in [1.54, 1.807) is 18.5 Å². The predicted molar refractivity (Wildman–Crippen MR) is 122 cm³/mol. The zero-order chi connectivity index (χ0) is 21.1. The summed E-state index contributed by atoms with van der Waals surface area (Å²) in [6.07, 6.45) is 4.67. The first kappa shape index (κ1) is 20.8. The lowest BCUT2D eigenvalue weighted by atomic mass is 10.1. The molecule has 158 valence electrons.